The van der Waals surface area contributed by atoms with Crippen LogP contribution in [0, 0.1) is 0 Å². The first-order chi connectivity index (χ1) is 14.8. The number of esters is 2. The van der Waals surface area contributed by atoms with Gasteiger partial charge in [0.05, 0.1) is 6.42 Å². The fraction of sp³-hybridized carbons (Fsp3) is 0.625. The van der Waals surface area contributed by atoms with Crippen molar-refractivity contribution in [3.05, 3.63) is 0 Å². The number of nitrogens with two attached hydrogens (primary N) is 6. The minimum Gasteiger partial charge on any atom is -0.481 e. The molecule has 0 aliphatic carbocycles. The van der Waals surface area contributed by atoms with Crippen LogP contribution >= 0.6 is 0 Å². The third-order valence-electron chi connectivity index (χ3n) is 3.39. The van der Waals surface area contributed by atoms with Crippen LogP contribution in [0.2, 0.25) is 0 Å². The van der Waals surface area contributed by atoms with Crippen LogP contribution in [-0.4, -0.2) is 82.4 Å². The number of ether oxygens (including phenoxy) is 1. The van der Waals surface area contributed by atoms with Crippen LogP contribution in [0.4, 0.5) is 0 Å². The Bertz CT molecular complexity index is 637. The highest BCUT2D eigenvalue weighted by Gasteiger charge is 2.22. The predicted molar refractivity (Wildman–Crippen MR) is 113 cm³/mol. The number of hydrogen-bond donors (Lipinski definition) is 9. The van der Waals surface area contributed by atoms with Gasteiger partial charge >= 0.3 is 23.9 Å². The van der Waals surface area contributed by atoms with Gasteiger partial charge in [-0.3, -0.25) is 14.8 Å². The van der Waals surface area contributed by atoms with Crippen LogP contribution in [0.3, 0.4) is 0 Å². The first-order valence-corrected chi connectivity index (χ1v) is 9.28. The van der Waals surface area contributed by atoms with Gasteiger partial charge in [0.1, 0.15) is 12.1 Å². The topological polar surface area (TPSA) is 319 Å². The number of carboxylic acid groups (broad SMARTS) is 2. The molecule has 16 nitrogen and oxygen atoms in total. The molecule has 0 aliphatic rings. The molecule has 32 heavy (non-hydrogen) atoms. The van der Waals surface area contributed by atoms with E-state index >= 15 is 0 Å². The molecule has 184 valence electrons. The van der Waals surface area contributed by atoms with Crippen LogP contribution in [0.25, 0.3) is 0 Å². The second-order valence-electron chi connectivity index (χ2n) is 6.30. The lowest BCUT2D eigenvalue weighted by molar-refractivity contribution is -0.161. The normalized spacial score (nSPS) is 12.7. The number of aliphatic imine (C=N–C) groups is 2. The molecule has 0 aromatic carbocycles. The van der Waals surface area contributed by atoms with E-state index in [-0.39, 0.29) is 24.8 Å². The summed E-state index contributed by atoms with van der Waals surface area (Å²) in [5, 5.41) is 24.1. The fourth-order valence-corrected chi connectivity index (χ4v) is 1.78. The van der Waals surface area contributed by atoms with E-state index in [0.29, 0.717) is 25.9 Å². The van der Waals surface area contributed by atoms with E-state index in [1.54, 1.807) is 0 Å². The molecule has 0 aromatic heterocycles. The van der Waals surface area contributed by atoms with Gasteiger partial charge in [-0.25, -0.2) is 14.4 Å². The zero-order valence-corrected chi connectivity index (χ0v) is 17.4. The van der Waals surface area contributed by atoms with Crippen molar-refractivity contribution in [3.63, 3.8) is 0 Å². The molecule has 15 N–H and O–H groups in total. The molecule has 0 fully saturated rings. The molecular weight excluding hydrogens is 432 g/mol. The van der Waals surface area contributed by atoms with Crippen molar-refractivity contribution in [1.82, 2.24) is 0 Å². The summed E-state index contributed by atoms with van der Waals surface area (Å²) >= 11 is 0. The zero-order valence-electron chi connectivity index (χ0n) is 17.4. The summed E-state index contributed by atoms with van der Waals surface area (Å²) in [6.07, 6.45) is -1.03. The summed E-state index contributed by atoms with van der Waals surface area (Å²) in [6.45, 7) is 0.670. The van der Waals surface area contributed by atoms with Crippen molar-refractivity contribution in [2.24, 2.45) is 44.4 Å². The van der Waals surface area contributed by atoms with Crippen molar-refractivity contribution in [2.45, 2.75) is 50.3 Å². The minimum absolute atomic E-state index is 0.0389. The van der Waals surface area contributed by atoms with Gasteiger partial charge in [0.15, 0.2) is 18.0 Å². The summed E-state index contributed by atoms with van der Waals surface area (Å²) < 4.78 is 4.63. The number of aliphatic carboxylic acids is 2. The zero-order chi connectivity index (χ0) is 25.3. The second kappa shape index (κ2) is 17.2. The number of aliphatic hydroxyl groups excluding tert-OH is 1. The summed E-state index contributed by atoms with van der Waals surface area (Å²) in [5.41, 5.74) is 31.9. The largest absolute Gasteiger partial charge is 0.481 e. The first kappa shape index (κ1) is 30.7. The standard InChI is InChI=1S/C12H26N8O3.C4H6O5/c13-7(3-1-5-19-11(15)16)9(21)23-10(22)8(14)4-2-6-20-12(17)18;5-2(4(8)9)1-3(6)7/h7-8H,1-6,13-14H2,(H4,15,16,19)(H4,17,18,20);2,5H,1H2,(H,6,7)(H,8,9)/t7-,8-;/m0./s1. The smallest absolute Gasteiger partial charge is 0.333 e. The van der Waals surface area contributed by atoms with Gasteiger partial charge in [-0.05, 0) is 25.7 Å². The van der Waals surface area contributed by atoms with Crippen LogP contribution in [-0.2, 0) is 23.9 Å². The van der Waals surface area contributed by atoms with Gasteiger partial charge in [-0.15, -0.1) is 0 Å². The second-order valence-corrected chi connectivity index (χ2v) is 6.30. The Morgan fingerprint density at radius 1 is 0.781 bits per heavy atom. The monoisotopic (exact) mass is 464 g/mol. The molecule has 3 atom stereocenters. The van der Waals surface area contributed by atoms with Crippen LogP contribution in [0.5, 0.6) is 0 Å². The molecule has 0 bridgehead atoms. The van der Waals surface area contributed by atoms with Crippen LogP contribution in [0.1, 0.15) is 32.1 Å². The van der Waals surface area contributed by atoms with E-state index in [1.807, 2.05) is 0 Å². The van der Waals surface area contributed by atoms with Gasteiger partial charge in [0.2, 0.25) is 0 Å². The number of rotatable bonds is 13. The molecule has 0 rings (SSSR count). The number of guanidine groups is 2. The SMILES string of the molecule is NC(N)=NCCC[C@H](N)C(=O)OC(=O)[C@@H](N)CCCN=C(N)N.O=C(O)CC(O)C(=O)O. The molecule has 0 spiro atoms. The molecule has 0 radical (unpaired) electrons. The van der Waals surface area contributed by atoms with Crippen LogP contribution < -0.4 is 34.4 Å². The average molecular weight is 464 g/mol. The number of nitrogens with zero attached hydrogens (tertiary/aromatic N) is 2. The highest BCUT2D eigenvalue weighted by Crippen LogP contribution is 2.02. The number of carboxylic acids is 2. The summed E-state index contributed by atoms with van der Waals surface area (Å²) in [6, 6.07) is -1.89. The molecule has 0 saturated heterocycles. The summed E-state index contributed by atoms with van der Waals surface area (Å²) in [7, 11) is 0. The molecule has 0 heterocycles. The average Bonchev–Trinajstić information content (AvgIpc) is 2.67. The Labute approximate surface area is 183 Å². The van der Waals surface area contributed by atoms with Crippen molar-refractivity contribution in [1.29, 1.82) is 0 Å². The van der Waals surface area contributed by atoms with Gasteiger partial charge in [-0.1, -0.05) is 0 Å². The van der Waals surface area contributed by atoms with Gasteiger partial charge < -0.3 is 54.5 Å². The molecule has 0 amide bonds. The minimum atomic E-state index is -1.79. The maximum absolute atomic E-state index is 11.6. The molecule has 0 saturated carbocycles. The number of carbonyl (C=O) groups is 4. The highest BCUT2D eigenvalue weighted by atomic mass is 16.6. The van der Waals surface area contributed by atoms with Crippen molar-refractivity contribution in [2.75, 3.05) is 13.1 Å². The Balaban J connectivity index is 0. The molecular formula is C16H32N8O8. The van der Waals surface area contributed by atoms with Gasteiger partial charge in [0.25, 0.3) is 0 Å². The number of hydrogen-bond acceptors (Lipinski definition) is 10. The first-order valence-electron chi connectivity index (χ1n) is 9.28. The van der Waals surface area contributed by atoms with E-state index in [9.17, 15) is 19.2 Å². The molecule has 1 unspecified atom stereocenters. The Morgan fingerprint density at radius 2 is 1.16 bits per heavy atom. The maximum Gasteiger partial charge on any atom is 0.333 e. The third kappa shape index (κ3) is 18.5. The molecule has 0 aromatic rings. The van der Waals surface area contributed by atoms with E-state index in [1.165, 1.54) is 0 Å². The summed E-state index contributed by atoms with van der Waals surface area (Å²) in [5.74, 6) is -4.59. The van der Waals surface area contributed by atoms with Crippen molar-refractivity contribution in [3.8, 4) is 0 Å². The summed E-state index contributed by atoms with van der Waals surface area (Å²) in [4.78, 5) is 50.2. The van der Waals surface area contributed by atoms with Crippen molar-refractivity contribution < 1.29 is 39.2 Å². The van der Waals surface area contributed by atoms with E-state index < -0.39 is 48.5 Å². The Kier molecular flexibility index (Phi) is 16.5. The maximum atomic E-state index is 11.6. The van der Waals surface area contributed by atoms with Gasteiger partial charge in [-0.2, -0.15) is 0 Å². The lowest BCUT2D eigenvalue weighted by Gasteiger charge is -2.13. The number of carbonyl (C=O) groups excluding carboxylic acids is 2. The number of aliphatic hydroxyl groups is 1. The van der Waals surface area contributed by atoms with E-state index in [0.717, 1.165) is 0 Å². The van der Waals surface area contributed by atoms with Gasteiger partial charge in [0, 0.05) is 13.1 Å². The van der Waals surface area contributed by atoms with E-state index in [4.69, 9.17) is 49.7 Å². The highest BCUT2D eigenvalue weighted by molar-refractivity contribution is 5.90. The molecule has 0 aliphatic heterocycles. The quantitative estimate of drug-likeness (QED) is 0.0409. The predicted octanol–water partition coefficient (Wildman–Crippen LogP) is -4.28. The third-order valence-corrected chi connectivity index (χ3v) is 3.39. The Morgan fingerprint density at radius 3 is 1.41 bits per heavy atom. The van der Waals surface area contributed by atoms with Crippen molar-refractivity contribution >= 4 is 35.8 Å². The fourth-order valence-electron chi connectivity index (χ4n) is 1.78. The Hall–Kier alpha value is -3.50. The molecule has 16 heteroatoms. The van der Waals surface area contributed by atoms with E-state index in [2.05, 4.69) is 14.7 Å². The van der Waals surface area contributed by atoms with Crippen LogP contribution in [0.15, 0.2) is 9.98 Å². The lowest BCUT2D eigenvalue weighted by Crippen LogP contribution is -2.39. The lowest BCUT2D eigenvalue weighted by atomic mass is 10.1.